The smallest absolute Gasteiger partial charge is 0.228 e. The van der Waals surface area contributed by atoms with E-state index in [1.165, 1.54) is 0 Å². The topological polar surface area (TPSA) is 79.4 Å². The van der Waals surface area contributed by atoms with Gasteiger partial charge in [-0.05, 0) is 17.2 Å². The summed E-state index contributed by atoms with van der Waals surface area (Å²) in [7, 11) is 0. The molecule has 1 amide bonds. The molecule has 4 rings (SSSR count). The molecular weight excluding hydrogens is 306 g/mol. The number of anilines is 3. The molecule has 3 heterocycles. The zero-order valence-electron chi connectivity index (χ0n) is 13.3. The van der Waals surface area contributed by atoms with Crippen molar-refractivity contribution >= 4 is 23.2 Å². The highest BCUT2D eigenvalue weighted by Gasteiger charge is 2.17. The van der Waals surface area contributed by atoms with Crippen LogP contribution < -0.4 is 15.5 Å². The van der Waals surface area contributed by atoms with Crippen LogP contribution in [0.3, 0.4) is 0 Å². The van der Waals surface area contributed by atoms with Gasteiger partial charge in [-0.3, -0.25) is 4.79 Å². The number of hydrogen-bond acceptors (Lipinski definition) is 6. The Kier molecular flexibility index (Phi) is 4.00. The van der Waals surface area contributed by atoms with Crippen molar-refractivity contribution in [2.24, 2.45) is 0 Å². The van der Waals surface area contributed by atoms with E-state index in [0.29, 0.717) is 13.0 Å². The van der Waals surface area contributed by atoms with Crippen LogP contribution in [0.5, 0.6) is 0 Å². The summed E-state index contributed by atoms with van der Waals surface area (Å²) in [6.45, 7) is 3.81. The zero-order valence-corrected chi connectivity index (χ0v) is 13.3. The maximum Gasteiger partial charge on any atom is 0.228 e. The largest absolute Gasteiger partial charge is 0.378 e. The minimum Gasteiger partial charge on any atom is -0.378 e. The van der Waals surface area contributed by atoms with Crippen LogP contribution in [0.4, 0.5) is 17.3 Å². The van der Waals surface area contributed by atoms with Gasteiger partial charge in [0, 0.05) is 31.4 Å². The van der Waals surface area contributed by atoms with E-state index in [-0.39, 0.29) is 5.91 Å². The second-order valence-corrected chi connectivity index (χ2v) is 5.93. The van der Waals surface area contributed by atoms with E-state index in [0.717, 1.165) is 54.8 Å². The summed E-state index contributed by atoms with van der Waals surface area (Å²) in [4.78, 5) is 22.3. The first kappa shape index (κ1) is 14.9. The number of carbonyl (C=O) groups excluding carboxylic acids is 1. The average Bonchev–Trinajstić information content (AvgIpc) is 3.00. The molecule has 0 radical (unpaired) electrons. The number of carbonyl (C=O) groups is 1. The van der Waals surface area contributed by atoms with Crippen LogP contribution in [0, 0.1) is 0 Å². The van der Waals surface area contributed by atoms with Crippen molar-refractivity contribution in [2.45, 2.75) is 13.0 Å². The van der Waals surface area contributed by atoms with Crippen molar-refractivity contribution < 1.29 is 9.53 Å². The lowest BCUT2D eigenvalue weighted by Gasteiger charge is -2.27. The molecular formula is C17H19N5O2. The van der Waals surface area contributed by atoms with Crippen molar-refractivity contribution in [3.8, 4) is 0 Å². The highest BCUT2D eigenvalue weighted by molar-refractivity contribution is 5.99. The third-order valence-electron chi connectivity index (χ3n) is 4.26. The Balaban J connectivity index is 1.42. The molecule has 0 bridgehead atoms. The van der Waals surface area contributed by atoms with Crippen molar-refractivity contribution in [2.75, 3.05) is 41.8 Å². The quantitative estimate of drug-likeness (QED) is 0.885. The predicted octanol–water partition coefficient (Wildman–Crippen LogP) is 1.42. The van der Waals surface area contributed by atoms with E-state index in [2.05, 4.69) is 31.6 Å². The van der Waals surface area contributed by atoms with Gasteiger partial charge in [-0.15, -0.1) is 0 Å². The zero-order chi connectivity index (χ0) is 16.4. The van der Waals surface area contributed by atoms with Gasteiger partial charge in [0.25, 0.3) is 0 Å². The second kappa shape index (κ2) is 6.45. The number of ether oxygens (including phenoxy) is 1. The Hall–Kier alpha value is -2.67. The first-order valence-electron chi connectivity index (χ1n) is 8.08. The molecule has 0 unspecified atom stereocenters. The summed E-state index contributed by atoms with van der Waals surface area (Å²) in [6, 6.07) is 7.99. The maximum atomic E-state index is 11.4. The lowest BCUT2D eigenvalue weighted by atomic mass is 10.1. The van der Waals surface area contributed by atoms with E-state index in [4.69, 9.17) is 4.74 Å². The van der Waals surface area contributed by atoms with Crippen LogP contribution in [0.25, 0.3) is 0 Å². The minimum absolute atomic E-state index is 0.0565. The van der Waals surface area contributed by atoms with Gasteiger partial charge in [0.05, 0.1) is 19.6 Å². The summed E-state index contributed by atoms with van der Waals surface area (Å²) >= 11 is 0. The summed E-state index contributed by atoms with van der Waals surface area (Å²) in [5.41, 5.74) is 3.09. The van der Waals surface area contributed by atoms with Gasteiger partial charge in [0.15, 0.2) is 0 Å². The van der Waals surface area contributed by atoms with Gasteiger partial charge >= 0.3 is 0 Å². The molecule has 2 aliphatic rings. The standard InChI is InChI=1S/C17H19N5O2/c23-17-8-13-7-12(1-2-14(13)21-17)10-18-15-9-16(20-11-19-15)22-3-5-24-6-4-22/h1-2,7,9,11H,3-6,8,10H2,(H,21,23)(H,18,19,20). The molecule has 0 atom stereocenters. The Morgan fingerprint density at radius 2 is 2.08 bits per heavy atom. The number of aromatic nitrogens is 2. The maximum absolute atomic E-state index is 11.4. The normalized spacial score (nSPS) is 16.7. The predicted molar refractivity (Wildman–Crippen MR) is 91.2 cm³/mol. The van der Waals surface area contributed by atoms with Crippen LogP contribution in [0.2, 0.25) is 0 Å². The lowest BCUT2D eigenvalue weighted by molar-refractivity contribution is -0.115. The fourth-order valence-corrected chi connectivity index (χ4v) is 2.99. The molecule has 0 spiro atoms. The van der Waals surface area contributed by atoms with E-state index in [1.807, 2.05) is 18.2 Å². The molecule has 1 aromatic carbocycles. The second-order valence-electron chi connectivity index (χ2n) is 5.93. The SMILES string of the molecule is O=C1Cc2cc(CNc3cc(N4CCOCC4)ncn3)ccc2N1. The van der Waals surface area contributed by atoms with Crippen LogP contribution in [-0.2, 0) is 22.5 Å². The fraction of sp³-hybridized carbons (Fsp3) is 0.353. The monoisotopic (exact) mass is 325 g/mol. The summed E-state index contributed by atoms with van der Waals surface area (Å²) < 4.78 is 5.37. The van der Waals surface area contributed by atoms with Crippen molar-refractivity contribution in [3.05, 3.63) is 41.7 Å². The van der Waals surface area contributed by atoms with Gasteiger partial charge in [-0.2, -0.15) is 0 Å². The first-order valence-corrected chi connectivity index (χ1v) is 8.08. The van der Waals surface area contributed by atoms with Gasteiger partial charge in [0.2, 0.25) is 5.91 Å². The van der Waals surface area contributed by atoms with E-state index < -0.39 is 0 Å². The molecule has 7 nitrogen and oxygen atoms in total. The number of hydrogen-bond donors (Lipinski definition) is 2. The average molecular weight is 325 g/mol. The Bertz CT molecular complexity index is 758. The van der Waals surface area contributed by atoms with E-state index >= 15 is 0 Å². The van der Waals surface area contributed by atoms with Crippen LogP contribution >= 0.6 is 0 Å². The highest BCUT2D eigenvalue weighted by atomic mass is 16.5. The molecule has 2 N–H and O–H groups in total. The number of nitrogens with one attached hydrogen (secondary N) is 2. The number of nitrogens with zero attached hydrogens (tertiary/aromatic N) is 3. The molecule has 2 aliphatic heterocycles. The van der Waals surface area contributed by atoms with Crippen LogP contribution in [0.15, 0.2) is 30.6 Å². The molecule has 1 saturated heterocycles. The van der Waals surface area contributed by atoms with Crippen LogP contribution in [-0.4, -0.2) is 42.2 Å². The Morgan fingerprint density at radius 3 is 2.96 bits per heavy atom. The number of fused-ring (bicyclic) bond motifs is 1. The molecule has 7 heteroatoms. The van der Waals surface area contributed by atoms with Gasteiger partial charge in [0.1, 0.15) is 18.0 Å². The first-order chi connectivity index (χ1) is 11.8. The van der Waals surface area contributed by atoms with Crippen molar-refractivity contribution in [1.82, 2.24) is 9.97 Å². The van der Waals surface area contributed by atoms with Gasteiger partial charge in [-0.1, -0.05) is 12.1 Å². The minimum atomic E-state index is 0.0565. The van der Waals surface area contributed by atoms with Crippen molar-refractivity contribution in [3.63, 3.8) is 0 Å². The number of rotatable bonds is 4. The molecule has 24 heavy (non-hydrogen) atoms. The molecule has 0 saturated carbocycles. The highest BCUT2D eigenvalue weighted by Crippen LogP contribution is 2.24. The number of benzene rings is 1. The molecule has 1 fully saturated rings. The lowest BCUT2D eigenvalue weighted by Crippen LogP contribution is -2.36. The van der Waals surface area contributed by atoms with E-state index in [1.54, 1.807) is 6.33 Å². The molecule has 2 aromatic rings. The van der Waals surface area contributed by atoms with Gasteiger partial charge < -0.3 is 20.3 Å². The van der Waals surface area contributed by atoms with E-state index in [9.17, 15) is 4.79 Å². The third-order valence-corrected chi connectivity index (χ3v) is 4.26. The Morgan fingerprint density at radius 1 is 1.21 bits per heavy atom. The van der Waals surface area contributed by atoms with Crippen LogP contribution in [0.1, 0.15) is 11.1 Å². The molecule has 124 valence electrons. The molecule has 0 aliphatic carbocycles. The van der Waals surface area contributed by atoms with Crippen molar-refractivity contribution in [1.29, 1.82) is 0 Å². The third kappa shape index (κ3) is 3.16. The number of morpholine rings is 1. The summed E-state index contributed by atoms with van der Waals surface area (Å²) in [5, 5.41) is 6.17. The molecule has 1 aromatic heterocycles. The Labute approximate surface area is 140 Å². The fourth-order valence-electron chi connectivity index (χ4n) is 2.99. The summed E-state index contributed by atoms with van der Waals surface area (Å²) in [6.07, 6.45) is 2.04. The van der Waals surface area contributed by atoms with Gasteiger partial charge in [-0.25, -0.2) is 9.97 Å². The number of amides is 1. The summed E-state index contributed by atoms with van der Waals surface area (Å²) in [5.74, 6) is 1.77.